The van der Waals surface area contributed by atoms with Gasteiger partial charge in [-0.2, -0.15) is 0 Å². The molecule has 2 aliphatic rings. The Morgan fingerprint density at radius 2 is 0.663 bits per heavy atom. The summed E-state index contributed by atoms with van der Waals surface area (Å²) in [4.78, 5) is 63.2. The van der Waals surface area contributed by atoms with Crippen molar-refractivity contribution in [3.8, 4) is 33.6 Å². The van der Waals surface area contributed by atoms with E-state index < -0.39 is 0 Å². The van der Waals surface area contributed by atoms with Crippen LogP contribution in [0.4, 0.5) is 33.3 Å². The van der Waals surface area contributed by atoms with Crippen molar-refractivity contribution in [2.24, 2.45) is 0 Å². The molecule has 0 spiro atoms. The van der Waals surface area contributed by atoms with Gasteiger partial charge in [0.25, 0.3) is 0 Å². The highest BCUT2D eigenvalue weighted by Gasteiger charge is 2.35. The first kappa shape index (κ1) is 64.1. The van der Waals surface area contributed by atoms with Crippen molar-refractivity contribution in [1.29, 1.82) is 0 Å². The van der Waals surface area contributed by atoms with Gasteiger partial charge < -0.3 is 9.47 Å². The summed E-state index contributed by atoms with van der Waals surface area (Å²) in [5, 5.41) is 0.928. The van der Waals surface area contributed by atoms with Gasteiger partial charge in [0.05, 0.1) is 16.6 Å². The molecule has 0 radical (unpaired) electrons. The van der Waals surface area contributed by atoms with Gasteiger partial charge in [0.2, 0.25) is 0 Å². The molecule has 2 aromatic heterocycles. The SMILES string of the molecule is C.CC1=C(c2ccccc2)C(=O)c2cc3c(cc2C1)CC(N(c1ccccc1)c1ccccc1)=C(c1ccccc1)C3=O.Cc1c(-c2ccccc2)c(=O)c2cc3c(=O)c(-c4ccccc4)c(N(c4ccccc4)c4ccccc4)n(-c4ccccc4)c3cc2n1-c1ccccc1.F. The van der Waals surface area contributed by atoms with Crippen LogP contribution in [0.15, 0.2) is 348 Å². The van der Waals surface area contributed by atoms with Gasteiger partial charge in [0.15, 0.2) is 22.4 Å². The minimum absolute atomic E-state index is 0. The van der Waals surface area contributed by atoms with Crippen molar-refractivity contribution >= 4 is 73.1 Å². The summed E-state index contributed by atoms with van der Waals surface area (Å²) in [7, 11) is 0. The Morgan fingerprint density at radius 1 is 0.327 bits per heavy atom. The molecule has 0 saturated carbocycles. The van der Waals surface area contributed by atoms with Gasteiger partial charge in [-0.15, -0.1) is 0 Å². The zero-order valence-corrected chi connectivity index (χ0v) is 53.4. The maximum atomic E-state index is 15.5. The minimum Gasteiger partial charge on any atom is -0.313 e. The van der Waals surface area contributed by atoms with E-state index in [0.717, 1.165) is 90.0 Å². The molecule has 0 aliphatic heterocycles. The fraction of sp³-hybridized carbons (Fsp3) is 0.0562. The molecule has 0 atom stereocenters. The maximum Gasteiger partial charge on any atom is 0.199 e. The number of para-hydroxylation sites is 6. The zero-order chi connectivity index (χ0) is 65.2. The van der Waals surface area contributed by atoms with Crippen LogP contribution in [0, 0.1) is 6.92 Å². The number of hydrogen-bond acceptors (Lipinski definition) is 6. The van der Waals surface area contributed by atoms with Gasteiger partial charge in [0.1, 0.15) is 5.82 Å². The Bertz CT molecular complexity index is 5380. The third-order valence-electron chi connectivity index (χ3n) is 18.3. The zero-order valence-electron chi connectivity index (χ0n) is 53.4. The molecule has 476 valence electrons. The summed E-state index contributed by atoms with van der Waals surface area (Å²) in [5.41, 5.74) is 18.6. The van der Waals surface area contributed by atoms with Gasteiger partial charge in [-0.05, 0) is 145 Å². The molecule has 9 heteroatoms. The Morgan fingerprint density at radius 3 is 1.11 bits per heavy atom. The predicted octanol–water partition coefficient (Wildman–Crippen LogP) is 21.1. The Kier molecular flexibility index (Phi) is 18.2. The van der Waals surface area contributed by atoms with Crippen molar-refractivity contribution in [3.63, 3.8) is 0 Å². The van der Waals surface area contributed by atoms with E-state index in [1.165, 1.54) is 0 Å². The van der Waals surface area contributed by atoms with Crippen molar-refractivity contribution in [1.82, 2.24) is 9.13 Å². The highest BCUT2D eigenvalue weighted by molar-refractivity contribution is 6.34. The van der Waals surface area contributed by atoms with Crippen LogP contribution in [-0.2, 0) is 12.8 Å². The standard InChI is InChI=1S/C49H35N3O2.C39H29NO2.CH4.FH/c1-34-45(35-20-8-2-9-21-35)47(53)41-32-42-44(33-43(41)50(34)37-24-12-4-13-25-37)52(40-30-18-7-19-31-40)49(46(48(42)54)36-22-10-3-11-23-36)51(38-26-14-5-15-27-38)39-28-16-6-17-29-39;1-26-22-29-23-30-24-35(40(31-18-10-4-11-19-31)32-20-12-5-13-21-32)37(28-16-8-3-9-17-28)39(42)34(30)25-33(29)38(41)36(26)27-14-6-2-7-15-27;;/h2-33H,1H3;2-21,23,25H,22,24H2,1H3;1H4;1H. The van der Waals surface area contributed by atoms with Crippen LogP contribution in [0.5, 0.6) is 0 Å². The van der Waals surface area contributed by atoms with Crippen LogP contribution in [0.25, 0.3) is 66.6 Å². The highest BCUT2D eigenvalue weighted by atomic mass is 19.0. The Hall–Kier alpha value is -12.6. The normalized spacial score (nSPS) is 12.4. The van der Waals surface area contributed by atoms with Crippen molar-refractivity contribution < 1.29 is 14.3 Å². The second kappa shape index (κ2) is 27.8. The monoisotopic (exact) mass is 1280 g/mol. The number of rotatable bonds is 12. The third-order valence-corrected chi connectivity index (χ3v) is 18.3. The van der Waals surface area contributed by atoms with Crippen LogP contribution >= 0.6 is 0 Å². The van der Waals surface area contributed by atoms with E-state index in [9.17, 15) is 14.4 Å². The minimum atomic E-state index is -0.162. The lowest BCUT2D eigenvalue weighted by molar-refractivity contribution is 0.105. The van der Waals surface area contributed by atoms with E-state index in [2.05, 4.69) is 97.8 Å². The average Bonchev–Trinajstić information content (AvgIpc) is 0.714. The van der Waals surface area contributed by atoms with Gasteiger partial charge in [0, 0.05) is 90.5 Å². The topological polar surface area (TPSA) is 84.6 Å². The lowest BCUT2D eigenvalue weighted by atomic mass is 9.77. The molecule has 0 bridgehead atoms. The predicted molar refractivity (Wildman–Crippen MR) is 402 cm³/mol. The molecule has 8 nitrogen and oxygen atoms in total. The summed E-state index contributed by atoms with van der Waals surface area (Å²) in [6.07, 6.45) is 1.24. The largest absolute Gasteiger partial charge is 0.313 e. The number of Topliss-reactive ketones (excluding diaryl/α,β-unsaturated/α-hetero) is 2. The molecule has 12 aromatic carbocycles. The van der Waals surface area contributed by atoms with Crippen LogP contribution in [-0.4, -0.2) is 20.7 Å². The summed E-state index contributed by atoms with van der Waals surface area (Å²) >= 11 is 0. The van der Waals surface area contributed by atoms with E-state index in [1.54, 1.807) is 0 Å². The number of allylic oxidation sites excluding steroid dienone is 4. The van der Waals surface area contributed by atoms with E-state index >= 15 is 4.79 Å². The maximum absolute atomic E-state index is 15.5. The first-order chi connectivity index (χ1) is 47.2. The molecule has 0 saturated heterocycles. The van der Waals surface area contributed by atoms with Crippen molar-refractivity contribution in [2.75, 3.05) is 9.80 Å². The number of anilines is 5. The number of ketones is 2. The van der Waals surface area contributed by atoms with Crippen molar-refractivity contribution in [3.05, 3.63) is 398 Å². The summed E-state index contributed by atoms with van der Waals surface area (Å²) < 4.78 is 4.33. The highest BCUT2D eigenvalue weighted by Crippen LogP contribution is 2.46. The molecule has 16 rings (SSSR count). The lowest BCUT2D eigenvalue weighted by Gasteiger charge is -2.34. The van der Waals surface area contributed by atoms with E-state index in [-0.39, 0.29) is 34.6 Å². The molecule has 0 amide bonds. The number of halogens is 1. The molecule has 98 heavy (non-hydrogen) atoms. The van der Waals surface area contributed by atoms with Crippen LogP contribution in [0.2, 0.25) is 0 Å². The van der Waals surface area contributed by atoms with Crippen LogP contribution < -0.4 is 20.7 Å². The van der Waals surface area contributed by atoms with E-state index in [0.29, 0.717) is 68.3 Å². The molecule has 0 unspecified atom stereocenters. The number of aromatic nitrogens is 2. The Labute approximate surface area is 569 Å². The van der Waals surface area contributed by atoms with E-state index in [1.807, 2.05) is 263 Å². The lowest BCUT2D eigenvalue weighted by Crippen LogP contribution is -2.27. The molecular formula is C89H69FN4O4. The van der Waals surface area contributed by atoms with Gasteiger partial charge in [-0.25, -0.2) is 0 Å². The molecule has 0 N–H and O–H groups in total. The second-order valence-electron chi connectivity index (χ2n) is 24.2. The number of fused-ring (bicyclic) bond motifs is 4. The molecule has 2 aliphatic carbocycles. The number of nitrogens with zero attached hydrogens (tertiary/aromatic N) is 4. The van der Waals surface area contributed by atoms with Crippen LogP contribution in [0.1, 0.15) is 63.0 Å². The van der Waals surface area contributed by atoms with Crippen LogP contribution in [0.3, 0.4) is 0 Å². The number of benzene rings is 12. The molecular weight excluding hydrogens is 1210 g/mol. The third kappa shape index (κ3) is 11.8. The van der Waals surface area contributed by atoms with E-state index in [4.69, 9.17) is 0 Å². The first-order valence-corrected chi connectivity index (χ1v) is 32.3. The molecule has 0 fully saturated rings. The number of hydrogen-bond donors (Lipinski definition) is 0. The number of carbonyl (C=O) groups excluding carboxylic acids is 2. The molecule has 14 aromatic rings. The molecule has 2 heterocycles. The van der Waals surface area contributed by atoms with Gasteiger partial charge in [-0.3, -0.25) is 33.3 Å². The number of pyridine rings is 2. The second-order valence-corrected chi connectivity index (χ2v) is 24.2. The van der Waals surface area contributed by atoms with Gasteiger partial charge >= 0.3 is 0 Å². The fourth-order valence-corrected chi connectivity index (χ4v) is 14.0. The first-order valence-electron chi connectivity index (χ1n) is 32.3. The number of carbonyl (C=O) groups is 2. The Balaban J connectivity index is 0.000000178. The summed E-state index contributed by atoms with van der Waals surface area (Å²) in [6.45, 7) is 4.04. The fourth-order valence-electron chi connectivity index (χ4n) is 14.0. The summed E-state index contributed by atoms with van der Waals surface area (Å²) in [5.74, 6) is 0.618. The van der Waals surface area contributed by atoms with Crippen molar-refractivity contribution in [2.45, 2.75) is 34.1 Å². The average molecular weight is 1280 g/mol. The smallest absolute Gasteiger partial charge is 0.199 e. The quantitative estimate of drug-likeness (QED) is 0.113. The van der Waals surface area contributed by atoms with Gasteiger partial charge in [-0.1, -0.05) is 250 Å². The summed E-state index contributed by atoms with van der Waals surface area (Å²) in [6, 6.07) is 108.